The zero-order chi connectivity index (χ0) is 21.2. The second kappa shape index (κ2) is 7.95. The molecule has 2 amide bonds. The van der Waals surface area contributed by atoms with E-state index in [-0.39, 0.29) is 17.7 Å². The number of nitrogens with one attached hydrogen (secondary N) is 2. The number of hydrogen-bond donors (Lipinski definition) is 3. The van der Waals surface area contributed by atoms with Gasteiger partial charge in [0.25, 0.3) is 0 Å². The maximum Gasteiger partial charge on any atom is 0.320 e. The monoisotopic (exact) mass is 396 g/mol. The van der Waals surface area contributed by atoms with E-state index >= 15 is 0 Å². The van der Waals surface area contributed by atoms with Crippen LogP contribution in [0.4, 0.5) is 15.0 Å². The number of anilines is 1. The predicted octanol–water partition coefficient (Wildman–Crippen LogP) is 4.64. The molecule has 1 aromatic heterocycles. The highest BCUT2D eigenvalue weighted by molar-refractivity contribution is 5.88. The Morgan fingerprint density at radius 2 is 1.83 bits per heavy atom. The Bertz CT molecular complexity index is 1020. The number of amides is 2. The summed E-state index contributed by atoms with van der Waals surface area (Å²) in [6.07, 6.45) is 0. The molecular weight excluding hydrogens is 371 g/mol. The Balaban J connectivity index is 1.81. The zero-order valence-electron chi connectivity index (χ0n) is 17.0. The molecule has 6 nitrogen and oxygen atoms in total. The van der Waals surface area contributed by atoms with Gasteiger partial charge in [0.2, 0.25) is 0 Å². The van der Waals surface area contributed by atoms with Crippen LogP contribution in [-0.4, -0.2) is 20.9 Å². The number of rotatable bonds is 4. The van der Waals surface area contributed by atoms with Gasteiger partial charge < -0.3 is 10.4 Å². The smallest absolute Gasteiger partial charge is 0.320 e. The van der Waals surface area contributed by atoms with Gasteiger partial charge in [-0.15, -0.1) is 0 Å². The van der Waals surface area contributed by atoms with Crippen LogP contribution in [0.1, 0.15) is 37.6 Å². The molecule has 3 aromatic rings. The van der Waals surface area contributed by atoms with Gasteiger partial charge >= 0.3 is 6.03 Å². The summed E-state index contributed by atoms with van der Waals surface area (Å²) in [7, 11) is 0. The standard InChI is InChI=1S/C22H25FN4O2/c1-14-5-8-17(9-6-14)27-20(12-19(26-27)22(2,3)4)25-21(29)24-13-15-11-16(23)7-10-18(15)28/h5-12,28H,13H2,1-4H3,(H2,24,25,29). The van der Waals surface area contributed by atoms with Crippen LogP contribution in [0.15, 0.2) is 48.5 Å². The van der Waals surface area contributed by atoms with Crippen molar-refractivity contribution in [1.82, 2.24) is 15.1 Å². The average Bonchev–Trinajstić information content (AvgIpc) is 3.07. The average molecular weight is 396 g/mol. The molecule has 29 heavy (non-hydrogen) atoms. The SMILES string of the molecule is Cc1ccc(-n2nc(C(C)(C)C)cc2NC(=O)NCc2cc(F)ccc2O)cc1. The van der Waals surface area contributed by atoms with E-state index in [4.69, 9.17) is 0 Å². The first kappa shape index (κ1) is 20.4. The highest BCUT2D eigenvalue weighted by atomic mass is 19.1. The highest BCUT2D eigenvalue weighted by Gasteiger charge is 2.21. The van der Waals surface area contributed by atoms with Gasteiger partial charge in [0.1, 0.15) is 17.4 Å². The van der Waals surface area contributed by atoms with Crippen LogP contribution in [0.5, 0.6) is 5.75 Å². The minimum atomic E-state index is -0.484. The Labute approximate surface area is 169 Å². The molecule has 1 heterocycles. The van der Waals surface area contributed by atoms with Crippen LogP contribution in [0.3, 0.4) is 0 Å². The number of carbonyl (C=O) groups excluding carboxylic acids is 1. The third kappa shape index (κ3) is 4.93. The lowest BCUT2D eigenvalue weighted by Crippen LogP contribution is -2.29. The first-order valence-corrected chi connectivity index (χ1v) is 9.33. The molecule has 7 heteroatoms. The minimum Gasteiger partial charge on any atom is -0.508 e. The summed E-state index contributed by atoms with van der Waals surface area (Å²) in [4.78, 5) is 12.4. The first-order chi connectivity index (χ1) is 13.6. The van der Waals surface area contributed by atoms with Crippen molar-refractivity contribution >= 4 is 11.8 Å². The molecule has 2 aromatic carbocycles. The molecule has 0 aliphatic heterocycles. The summed E-state index contributed by atoms with van der Waals surface area (Å²) in [5.74, 6) is -0.0431. The van der Waals surface area contributed by atoms with E-state index in [1.54, 1.807) is 4.68 Å². The largest absolute Gasteiger partial charge is 0.508 e. The van der Waals surface area contributed by atoms with Crippen LogP contribution in [0.25, 0.3) is 5.69 Å². The molecule has 0 unspecified atom stereocenters. The van der Waals surface area contributed by atoms with Crippen LogP contribution in [0, 0.1) is 12.7 Å². The number of phenols is 1. The lowest BCUT2D eigenvalue weighted by Gasteiger charge is -2.14. The number of aromatic hydroxyl groups is 1. The van der Waals surface area contributed by atoms with E-state index in [0.717, 1.165) is 23.0 Å². The van der Waals surface area contributed by atoms with Gasteiger partial charge in [0, 0.05) is 23.6 Å². The number of halogens is 1. The maximum absolute atomic E-state index is 13.4. The van der Waals surface area contributed by atoms with Crippen molar-refractivity contribution in [2.24, 2.45) is 0 Å². The van der Waals surface area contributed by atoms with Crippen molar-refractivity contribution in [3.8, 4) is 11.4 Å². The fourth-order valence-electron chi connectivity index (χ4n) is 2.75. The van der Waals surface area contributed by atoms with E-state index in [9.17, 15) is 14.3 Å². The van der Waals surface area contributed by atoms with E-state index in [1.165, 1.54) is 12.1 Å². The van der Waals surface area contributed by atoms with E-state index in [0.29, 0.717) is 11.4 Å². The topological polar surface area (TPSA) is 79.2 Å². The number of urea groups is 1. The molecular formula is C22H25FN4O2. The van der Waals surface area contributed by atoms with Gasteiger partial charge in [-0.1, -0.05) is 38.5 Å². The van der Waals surface area contributed by atoms with Crippen LogP contribution < -0.4 is 10.6 Å². The van der Waals surface area contributed by atoms with E-state index in [1.807, 2.05) is 58.0 Å². The summed E-state index contributed by atoms with van der Waals surface area (Å²) >= 11 is 0. The number of phenolic OH excluding ortho intramolecular Hbond substituents is 1. The molecule has 0 fully saturated rings. The van der Waals surface area contributed by atoms with Crippen molar-refractivity contribution in [2.45, 2.75) is 39.7 Å². The summed E-state index contributed by atoms with van der Waals surface area (Å²) in [5.41, 5.74) is 2.87. The summed E-state index contributed by atoms with van der Waals surface area (Å²) in [5, 5.41) is 19.9. The molecule has 0 bridgehead atoms. The molecule has 3 rings (SSSR count). The molecule has 0 spiro atoms. The second-order valence-corrected chi connectivity index (χ2v) is 7.99. The number of nitrogens with zero attached hydrogens (tertiary/aromatic N) is 2. The third-order valence-electron chi connectivity index (χ3n) is 4.48. The Morgan fingerprint density at radius 1 is 1.14 bits per heavy atom. The summed E-state index contributed by atoms with van der Waals surface area (Å²) < 4.78 is 15.0. The van der Waals surface area contributed by atoms with Gasteiger partial charge in [0.15, 0.2) is 0 Å². The van der Waals surface area contributed by atoms with Crippen molar-refractivity contribution in [2.75, 3.05) is 5.32 Å². The van der Waals surface area contributed by atoms with Crippen molar-refractivity contribution in [3.05, 3.63) is 71.2 Å². The molecule has 0 radical (unpaired) electrons. The van der Waals surface area contributed by atoms with Crippen LogP contribution in [-0.2, 0) is 12.0 Å². The van der Waals surface area contributed by atoms with Crippen LogP contribution in [0.2, 0.25) is 0 Å². The zero-order valence-corrected chi connectivity index (χ0v) is 17.0. The lowest BCUT2D eigenvalue weighted by atomic mass is 9.92. The molecule has 0 aliphatic rings. The minimum absolute atomic E-state index is 0.0137. The Kier molecular flexibility index (Phi) is 5.59. The molecule has 0 aliphatic carbocycles. The fraction of sp³-hybridized carbons (Fsp3) is 0.273. The molecule has 0 saturated heterocycles. The third-order valence-corrected chi connectivity index (χ3v) is 4.48. The summed E-state index contributed by atoms with van der Waals surface area (Å²) in [6, 6.07) is 12.8. The number of aromatic nitrogens is 2. The molecule has 0 saturated carbocycles. The molecule has 3 N–H and O–H groups in total. The number of hydrogen-bond acceptors (Lipinski definition) is 3. The van der Waals surface area contributed by atoms with Gasteiger partial charge in [-0.05, 0) is 37.3 Å². The normalized spacial score (nSPS) is 11.3. The second-order valence-electron chi connectivity index (χ2n) is 7.99. The van der Waals surface area contributed by atoms with Gasteiger partial charge in [-0.2, -0.15) is 5.10 Å². The van der Waals surface area contributed by atoms with Crippen molar-refractivity contribution in [3.63, 3.8) is 0 Å². The van der Waals surface area contributed by atoms with Crippen molar-refractivity contribution < 1.29 is 14.3 Å². The molecule has 0 atom stereocenters. The Hall–Kier alpha value is -3.35. The van der Waals surface area contributed by atoms with E-state index in [2.05, 4.69) is 15.7 Å². The maximum atomic E-state index is 13.4. The molecule has 152 valence electrons. The number of aryl methyl sites for hydroxylation is 1. The van der Waals surface area contributed by atoms with Crippen LogP contribution >= 0.6 is 0 Å². The first-order valence-electron chi connectivity index (χ1n) is 9.33. The highest BCUT2D eigenvalue weighted by Crippen LogP contribution is 2.26. The van der Waals surface area contributed by atoms with Gasteiger partial charge in [-0.3, -0.25) is 5.32 Å². The lowest BCUT2D eigenvalue weighted by molar-refractivity contribution is 0.251. The number of carbonyl (C=O) groups is 1. The quantitative estimate of drug-likeness (QED) is 0.601. The van der Waals surface area contributed by atoms with Gasteiger partial charge in [-0.25, -0.2) is 13.9 Å². The van der Waals surface area contributed by atoms with E-state index < -0.39 is 11.8 Å². The summed E-state index contributed by atoms with van der Waals surface area (Å²) in [6.45, 7) is 8.13. The Morgan fingerprint density at radius 3 is 2.48 bits per heavy atom. The predicted molar refractivity (Wildman–Crippen MR) is 111 cm³/mol. The number of benzene rings is 2. The van der Waals surface area contributed by atoms with Crippen molar-refractivity contribution in [1.29, 1.82) is 0 Å². The fourth-order valence-corrected chi connectivity index (χ4v) is 2.75. The van der Waals surface area contributed by atoms with Gasteiger partial charge in [0.05, 0.1) is 11.4 Å².